The maximum atomic E-state index is 10.1. The predicted molar refractivity (Wildman–Crippen MR) is 40.8 cm³/mol. The van der Waals surface area contributed by atoms with Crippen molar-refractivity contribution >= 4 is 5.97 Å². The number of carboxylic acid groups (broad SMARTS) is 1. The standard InChI is InChI=1S/C6H8O2.C2H4/c1-4(6(7)8)5-2-3-5;1-2/h5H,1-3H2,(H,7,8);1-2H2. The molecule has 1 N–H and O–H groups in total. The molecule has 0 radical (unpaired) electrons. The molecular weight excluding hydrogens is 128 g/mol. The zero-order chi connectivity index (χ0) is 8.15. The highest BCUT2D eigenvalue weighted by atomic mass is 16.4. The van der Waals surface area contributed by atoms with Gasteiger partial charge in [-0.2, -0.15) is 0 Å². The first-order chi connectivity index (χ1) is 4.72. The molecule has 1 aliphatic rings. The van der Waals surface area contributed by atoms with Gasteiger partial charge in [-0.1, -0.05) is 6.58 Å². The molecule has 0 amide bonds. The van der Waals surface area contributed by atoms with Gasteiger partial charge in [-0.25, -0.2) is 4.79 Å². The highest BCUT2D eigenvalue weighted by Crippen LogP contribution is 2.35. The minimum absolute atomic E-state index is 0.299. The van der Waals surface area contributed by atoms with Gasteiger partial charge in [0.05, 0.1) is 0 Å². The summed E-state index contributed by atoms with van der Waals surface area (Å²) in [6.45, 7) is 9.42. The molecule has 0 spiro atoms. The van der Waals surface area contributed by atoms with E-state index in [2.05, 4.69) is 19.7 Å². The average Bonchev–Trinajstić information content (AvgIpc) is 2.72. The third kappa shape index (κ3) is 2.49. The van der Waals surface area contributed by atoms with Crippen LogP contribution in [0.25, 0.3) is 0 Å². The predicted octanol–water partition coefficient (Wildman–Crippen LogP) is 1.84. The van der Waals surface area contributed by atoms with E-state index in [0.717, 1.165) is 12.8 Å². The Hall–Kier alpha value is -1.05. The van der Waals surface area contributed by atoms with Crippen LogP contribution in [0.2, 0.25) is 0 Å². The first-order valence-electron chi connectivity index (χ1n) is 3.14. The quantitative estimate of drug-likeness (QED) is 0.469. The molecule has 0 aromatic carbocycles. The van der Waals surface area contributed by atoms with E-state index < -0.39 is 5.97 Å². The Bertz CT molecular complexity index is 145. The SMILES string of the molecule is C=C.C=C(C(=O)O)C1CC1. The molecule has 0 heterocycles. The van der Waals surface area contributed by atoms with Crippen molar-refractivity contribution in [1.29, 1.82) is 0 Å². The van der Waals surface area contributed by atoms with Crippen molar-refractivity contribution < 1.29 is 9.90 Å². The Labute approximate surface area is 60.9 Å². The molecule has 56 valence electrons. The van der Waals surface area contributed by atoms with Crippen LogP contribution in [0.1, 0.15) is 12.8 Å². The van der Waals surface area contributed by atoms with Crippen LogP contribution >= 0.6 is 0 Å². The fourth-order valence-corrected chi connectivity index (χ4v) is 0.606. The van der Waals surface area contributed by atoms with E-state index in [-0.39, 0.29) is 0 Å². The molecule has 0 saturated heterocycles. The summed E-state index contributed by atoms with van der Waals surface area (Å²) in [7, 11) is 0. The van der Waals surface area contributed by atoms with Crippen LogP contribution in [0.4, 0.5) is 0 Å². The summed E-state index contributed by atoms with van der Waals surface area (Å²) in [4.78, 5) is 10.1. The third-order valence-electron chi connectivity index (χ3n) is 1.34. The number of carbonyl (C=O) groups is 1. The molecule has 0 aromatic heterocycles. The summed E-state index contributed by atoms with van der Waals surface area (Å²) < 4.78 is 0. The molecule has 0 atom stereocenters. The number of hydrogen-bond donors (Lipinski definition) is 1. The molecule has 10 heavy (non-hydrogen) atoms. The molecule has 1 rings (SSSR count). The highest BCUT2D eigenvalue weighted by Gasteiger charge is 2.28. The maximum Gasteiger partial charge on any atom is 0.331 e. The largest absolute Gasteiger partial charge is 0.478 e. The lowest BCUT2D eigenvalue weighted by Crippen LogP contribution is -1.99. The smallest absolute Gasteiger partial charge is 0.331 e. The van der Waals surface area contributed by atoms with Crippen LogP contribution < -0.4 is 0 Å². The van der Waals surface area contributed by atoms with Crippen LogP contribution in [-0.2, 0) is 4.79 Å². The molecule has 0 bridgehead atoms. The van der Waals surface area contributed by atoms with E-state index in [9.17, 15) is 4.79 Å². The topological polar surface area (TPSA) is 37.3 Å². The summed E-state index contributed by atoms with van der Waals surface area (Å²) in [5.74, 6) is -0.542. The van der Waals surface area contributed by atoms with E-state index in [4.69, 9.17) is 5.11 Å². The lowest BCUT2D eigenvalue weighted by Gasteiger charge is -1.90. The van der Waals surface area contributed by atoms with Gasteiger partial charge in [-0.15, -0.1) is 13.2 Å². The van der Waals surface area contributed by atoms with Gasteiger partial charge in [0.25, 0.3) is 0 Å². The summed E-state index contributed by atoms with van der Waals surface area (Å²) in [6.07, 6.45) is 2.04. The Morgan fingerprint density at radius 2 is 1.80 bits per heavy atom. The third-order valence-corrected chi connectivity index (χ3v) is 1.34. The van der Waals surface area contributed by atoms with Crippen molar-refractivity contribution in [2.24, 2.45) is 5.92 Å². The molecule has 1 aliphatic carbocycles. The first-order valence-corrected chi connectivity index (χ1v) is 3.14. The van der Waals surface area contributed by atoms with E-state index in [1.165, 1.54) is 0 Å². The second-order valence-corrected chi connectivity index (χ2v) is 2.10. The Balaban J connectivity index is 0.000000371. The van der Waals surface area contributed by atoms with E-state index in [1.807, 2.05) is 0 Å². The monoisotopic (exact) mass is 140 g/mol. The molecule has 2 heteroatoms. The van der Waals surface area contributed by atoms with Gasteiger partial charge >= 0.3 is 5.97 Å². The molecule has 0 unspecified atom stereocenters. The van der Waals surface area contributed by atoms with Gasteiger partial charge in [0.1, 0.15) is 0 Å². The van der Waals surface area contributed by atoms with Gasteiger partial charge in [-0.3, -0.25) is 0 Å². The second kappa shape index (κ2) is 3.88. The number of carboxylic acids is 1. The molecule has 1 saturated carbocycles. The van der Waals surface area contributed by atoms with Crippen molar-refractivity contribution in [3.05, 3.63) is 25.3 Å². The summed E-state index contributed by atoms with van der Waals surface area (Å²) in [6, 6.07) is 0. The maximum absolute atomic E-state index is 10.1. The molecule has 2 nitrogen and oxygen atoms in total. The number of rotatable bonds is 2. The first kappa shape index (κ1) is 8.95. The Kier molecular flexibility index (Phi) is 3.47. The fourth-order valence-electron chi connectivity index (χ4n) is 0.606. The summed E-state index contributed by atoms with van der Waals surface area (Å²) >= 11 is 0. The minimum atomic E-state index is -0.840. The average molecular weight is 140 g/mol. The summed E-state index contributed by atoms with van der Waals surface area (Å²) in [5, 5.41) is 8.29. The van der Waals surface area contributed by atoms with Crippen molar-refractivity contribution in [3.63, 3.8) is 0 Å². The Morgan fingerprint density at radius 3 is 1.90 bits per heavy atom. The van der Waals surface area contributed by atoms with Crippen LogP contribution in [0, 0.1) is 5.92 Å². The van der Waals surface area contributed by atoms with Crippen LogP contribution in [0.15, 0.2) is 25.3 Å². The molecule has 1 fully saturated rings. The van der Waals surface area contributed by atoms with Crippen molar-refractivity contribution in [2.45, 2.75) is 12.8 Å². The van der Waals surface area contributed by atoms with E-state index >= 15 is 0 Å². The van der Waals surface area contributed by atoms with Gasteiger partial charge < -0.3 is 5.11 Å². The van der Waals surface area contributed by atoms with Gasteiger partial charge in [0, 0.05) is 5.57 Å². The minimum Gasteiger partial charge on any atom is -0.478 e. The van der Waals surface area contributed by atoms with Gasteiger partial charge in [-0.05, 0) is 18.8 Å². The van der Waals surface area contributed by atoms with Crippen LogP contribution in [-0.4, -0.2) is 11.1 Å². The zero-order valence-electron chi connectivity index (χ0n) is 5.97. The zero-order valence-corrected chi connectivity index (χ0v) is 5.97. The molecule has 0 aliphatic heterocycles. The lowest BCUT2D eigenvalue weighted by atomic mass is 10.2. The molecule has 0 aromatic rings. The van der Waals surface area contributed by atoms with Crippen molar-refractivity contribution in [1.82, 2.24) is 0 Å². The van der Waals surface area contributed by atoms with Gasteiger partial charge in [0.15, 0.2) is 0 Å². The number of aliphatic carboxylic acids is 1. The van der Waals surface area contributed by atoms with Crippen molar-refractivity contribution in [2.75, 3.05) is 0 Å². The highest BCUT2D eigenvalue weighted by molar-refractivity contribution is 5.86. The summed E-state index contributed by atoms with van der Waals surface area (Å²) in [5.41, 5.74) is 0.380. The van der Waals surface area contributed by atoms with E-state index in [0.29, 0.717) is 11.5 Å². The van der Waals surface area contributed by atoms with Crippen molar-refractivity contribution in [3.8, 4) is 0 Å². The van der Waals surface area contributed by atoms with E-state index in [1.54, 1.807) is 0 Å². The number of hydrogen-bond acceptors (Lipinski definition) is 1. The van der Waals surface area contributed by atoms with Crippen LogP contribution in [0.3, 0.4) is 0 Å². The molecular formula is C8H12O2. The fraction of sp³-hybridized carbons (Fsp3) is 0.375. The Morgan fingerprint density at radius 1 is 1.40 bits per heavy atom. The second-order valence-electron chi connectivity index (χ2n) is 2.10. The van der Waals surface area contributed by atoms with Crippen LogP contribution in [0.5, 0.6) is 0 Å². The lowest BCUT2D eigenvalue weighted by molar-refractivity contribution is -0.132. The van der Waals surface area contributed by atoms with Gasteiger partial charge in [0.2, 0.25) is 0 Å². The normalized spacial score (nSPS) is 14.8.